The highest BCUT2D eigenvalue weighted by Gasteiger charge is 2.35. The van der Waals surface area contributed by atoms with Crippen LogP contribution in [0.5, 0.6) is 0 Å². The van der Waals surface area contributed by atoms with Crippen molar-refractivity contribution in [3.63, 3.8) is 0 Å². The molecule has 0 aliphatic carbocycles. The Kier molecular flexibility index (Phi) is 9.01. The number of nitrogens with zero attached hydrogens (tertiary/aromatic N) is 5. The smallest absolute Gasteiger partial charge is 0.271 e. The molecule has 1 aliphatic rings. The molecular formula is C31H33N5O4S. The van der Waals surface area contributed by atoms with Crippen molar-refractivity contribution in [1.29, 1.82) is 5.26 Å². The number of aromatic nitrogens is 2. The minimum Gasteiger partial charge on any atom is -0.274 e. The second-order valence-electron chi connectivity index (χ2n) is 10.0. The summed E-state index contributed by atoms with van der Waals surface area (Å²) in [6.07, 6.45) is 6.91. The molecule has 9 nitrogen and oxygen atoms in total. The molecule has 2 heterocycles. The van der Waals surface area contributed by atoms with Gasteiger partial charge in [0, 0.05) is 43.5 Å². The summed E-state index contributed by atoms with van der Waals surface area (Å²) < 4.78 is 28.5. The summed E-state index contributed by atoms with van der Waals surface area (Å²) >= 11 is 0. The Morgan fingerprint density at radius 2 is 1.73 bits per heavy atom. The largest absolute Gasteiger partial charge is 0.274 e. The van der Waals surface area contributed by atoms with Gasteiger partial charge in [0.15, 0.2) is 0 Å². The fourth-order valence-corrected chi connectivity index (χ4v) is 5.58. The molecule has 0 radical (unpaired) electrons. The first-order valence-electron chi connectivity index (χ1n) is 13.5. The number of benzene rings is 2. The molecule has 0 bridgehead atoms. The summed E-state index contributed by atoms with van der Waals surface area (Å²) in [5.74, 6) is -1.05. The molecule has 2 amide bonds. The van der Waals surface area contributed by atoms with Crippen LogP contribution in [0.4, 0.5) is 0 Å². The molecule has 0 saturated carbocycles. The van der Waals surface area contributed by atoms with E-state index in [-0.39, 0.29) is 22.6 Å². The zero-order valence-corrected chi connectivity index (χ0v) is 24.5. The average Bonchev–Trinajstić information content (AvgIpc) is 3.39. The SMILES string of the molecule is CCCCCCN1C(=O)C(C#N)=C(C)/C(=C\c2cn(-c3ccccc3)nc2-c2cccc(S(=O)(=O)N(C)C)c2)C1=O. The molecule has 10 heteroatoms. The fraction of sp³-hybridized carbons (Fsp3) is 0.290. The summed E-state index contributed by atoms with van der Waals surface area (Å²) in [7, 11) is -0.774. The third kappa shape index (κ3) is 6.06. The molecule has 0 saturated heterocycles. The Morgan fingerprint density at radius 1 is 1.00 bits per heavy atom. The molecule has 4 rings (SSSR count). The van der Waals surface area contributed by atoms with Crippen molar-refractivity contribution in [2.24, 2.45) is 0 Å². The quantitative estimate of drug-likeness (QED) is 0.193. The fourth-order valence-electron chi connectivity index (χ4n) is 4.63. The van der Waals surface area contributed by atoms with E-state index < -0.39 is 21.8 Å². The van der Waals surface area contributed by atoms with Crippen molar-refractivity contribution in [1.82, 2.24) is 19.0 Å². The minimum atomic E-state index is -3.71. The van der Waals surface area contributed by atoms with Crippen LogP contribution in [-0.2, 0) is 19.6 Å². The lowest BCUT2D eigenvalue weighted by molar-refractivity contribution is -0.140. The Hall–Kier alpha value is -4.33. The third-order valence-corrected chi connectivity index (χ3v) is 8.82. The predicted octanol–water partition coefficient (Wildman–Crippen LogP) is 4.96. The molecule has 212 valence electrons. The Labute approximate surface area is 241 Å². The summed E-state index contributed by atoms with van der Waals surface area (Å²) in [5.41, 5.74) is 2.74. The van der Waals surface area contributed by atoms with Gasteiger partial charge in [0.2, 0.25) is 10.0 Å². The van der Waals surface area contributed by atoms with Crippen molar-refractivity contribution in [2.45, 2.75) is 44.4 Å². The first kappa shape index (κ1) is 29.6. The van der Waals surface area contributed by atoms with E-state index in [0.29, 0.717) is 28.8 Å². The monoisotopic (exact) mass is 571 g/mol. The molecule has 2 aromatic carbocycles. The maximum Gasteiger partial charge on any atom is 0.271 e. The van der Waals surface area contributed by atoms with Crippen molar-refractivity contribution in [3.8, 4) is 23.0 Å². The molecule has 0 atom stereocenters. The van der Waals surface area contributed by atoms with Gasteiger partial charge < -0.3 is 0 Å². The zero-order chi connectivity index (χ0) is 29.7. The van der Waals surface area contributed by atoms with E-state index in [1.54, 1.807) is 42.1 Å². The topological polar surface area (TPSA) is 116 Å². The van der Waals surface area contributed by atoms with E-state index in [1.165, 1.54) is 20.2 Å². The van der Waals surface area contributed by atoms with Crippen LogP contribution >= 0.6 is 0 Å². The number of nitriles is 1. The second-order valence-corrected chi connectivity index (χ2v) is 12.2. The highest BCUT2D eigenvalue weighted by atomic mass is 32.2. The molecule has 0 spiro atoms. The summed E-state index contributed by atoms with van der Waals surface area (Å²) in [4.78, 5) is 27.9. The lowest BCUT2D eigenvalue weighted by atomic mass is 9.93. The Balaban J connectivity index is 1.88. The van der Waals surface area contributed by atoms with Crippen molar-refractivity contribution in [3.05, 3.63) is 83.1 Å². The maximum atomic E-state index is 13.6. The summed E-state index contributed by atoms with van der Waals surface area (Å²) in [5, 5.41) is 14.6. The van der Waals surface area contributed by atoms with Gasteiger partial charge >= 0.3 is 0 Å². The number of amides is 2. The van der Waals surface area contributed by atoms with Crippen LogP contribution in [0.15, 0.2) is 82.4 Å². The van der Waals surface area contributed by atoms with Crippen LogP contribution in [-0.4, -0.2) is 59.9 Å². The van der Waals surface area contributed by atoms with Crippen LogP contribution in [0.25, 0.3) is 23.0 Å². The first-order chi connectivity index (χ1) is 19.6. The first-order valence-corrected chi connectivity index (χ1v) is 14.9. The van der Waals surface area contributed by atoms with Crippen LogP contribution in [0.1, 0.15) is 45.1 Å². The number of unbranched alkanes of at least 4 members (excludes halogenated alkanes) is 3. The van der Waals surface area contributed by atoms with E-state index in [0.717, 1.165) is 34.2 Å². The second kappa shape index (κ2) is 12.5. The number of carbonyl (C=O) groups is 2. The standard InChI is InChI=1S/C31H33N5O4S/c1-5-6-7-11-17-35-30(37)27(22(2)28(20-32)31(35)38)19-24-21-36(25-14-9-8-10-15-25)33-29(24)23-13-12-16-26(18-23)41(39,40)34(3)4/h8-10,12-16,18-19,21H,5-7,11,17H2,1-4H3/b27-19+. The van der Waals surface area contributed by atoms with Gasteiger partial charge in [-0.3, -0.25) is 14.5 Å². The lowest BCUT2D eigenvalue weighted by Gasteiger charge is -2.27. The number of carbonyl (C=O) groups excluding carboxylic acids is 2. The molecule has 41 heavy (non-hydrogen) atoms. The van der Waals surface area contributed by atoms with E-state index in [9.17, 15) is 23.3 Å². The summed E-state index contributed by atoms with van der Waals surface area (Å²) in [6, 6.07) is 17.8. The van der Waals surface area contributed by atoms with Crippen LogP contribution < -0.4 is 0 Å². The number of para-hydroxylation sites is 1. The van der Waals surface area contributed by atoms with Gasteiger partial charge in [0.25, 0.3) is 11.8 Å². The molecule has 3 aromatic rings. The van der Waals surface area contributed by atoms with Crippen LogP contribution in [0.3, 0.4) is 0 Å². The third-order valence-electron chi connectivity index (χ3n) is 7.01. The molecular weight excluding hydrogens is 538 g/mol. The minimum absolute atomic E-state index is 0.0672. The predicted molar refractivity (Wildman–Crippen MR) is 157 cm³/mol. The highest BCUT2D eigenvalue weighted by molar-refractivity contribution is 7.89. The van der Waals surface area contributed by atoms with E-state index in [1.807, 2.05) is 36.4 Å². The zero-order valence-electron chi connectivity index (χ0n) is 23.7. The number of rotatable bonds is 10. The average molecular weight is 572 g/mol. The van der Waals surface area contributed by atoms with Gasteiger partial charge in [-0.2, -0.15) is 10.4 Å². The van der Waals surface area contributed by atoms with Gasteiger partial charge in [-0.15, -0.1) is 0 Å². The lowest BCUT2D eigenvalue weighted by Crippen LogP contribution is -2.43. The number of hydrogen-bond acceptors (Lipinski definition) is 6. The van der Waals surface area contributed by atoms with Gasteiger partial charge in [-0.05, 0) is 49.3 Å². The Bertz CT molecular complexity index is 1680. The van der Waals surface area contributed by atoms with Gasteiger partial charge in [0.05, 0.1) is 10.6 Å². The van der Waals surface area contributed by atoms with Crippen molar-refractivity contribution < 1.29 is 18.0 Å². The number of sulfonamides is 1. The molecule has 0 unspecified atom stereocenters. The van der Waals surface area contributed by atoms with E-state index >= 15 is 0 Å². The van der Waals surface area contributed by atoms with Gasteiger partial charge in [-0.25, -0.2) is 17.4 Å². The van der Waals surface area contributed by atoms with E-state index in [2.05, 4.69) is 6.92 Å². The highest BCUT2D eigenvalue weighted by Crippen LogP contribution is 2.32. The molecule has 0 N–H and O–H groups in total. The van der Waals surface area contributed by atoms with E-state index in [4.69, 9.17) is 5.10 Å². The molecule has 1 aliphatic heterocycles. The Morgan fingerprint density at radius 3 is 2.39 bits per heavy atom. The van der Waals surface area contributed by atoms with Crippen molar-refractivity contribution >= 4 is 27.9 Å². The normalized spacial score (nSPS) is 15.2. The van der Waals surface area contributed by atoms with Gasteiger partial charge in [-0.1, -0.05) is 56.5 Å². The molecule has 0 fully saturated rings. The number of imide groups is 1. The molecule has 1 aromatic heterocycles. The summed E-state index contributed by atoms with van der Waals surface area (Å²) in [6.45, 7) is 3.91. The van der Waals surface area contributed by atoms with Gasteiger partial charge in [0.1, 0.15) is 17.3 Å². The number of hydrogen-bond donors (Lipinski definition) is 0. The maximum absolute atomic E-state index is 13.6. The van der Waals surface area contributed by atoms with Crippen LogP contribution in [0.2, 0.25) is 0 Å². The van der Waals surface area contributed by atoms with Crippen LogP contribution in [0, 0.1) is 11.3 Å². The van der Waals surface area contributed by atoms with Crippen molar-refractivity contribution in [2.75, 3.05) is 20.6 Å².